The van der Waals surface area contributed by atoms with Gasteiger partial charge in [-0.1, -0.05) is 13.8 Å². The molecule has 0 aliphatic rings. The number of carboxylic acids is 2. The highest BCUT2D eigenvalue weighted by Gasteiger charge is 1.88. The van der Waals surface area contributed by atoms with Gasteiger partial charge in [-0.2, -0.15) is 0 Å². The molecule has 0 radical (unpaired) electrons. The van der Waals surface area contributed by atoms with E-state index in [2.05, 4.69) is 0 Å². The zero-order valence-electron chi connectivity index (χ0n) is 8.36. The van der Waals surface area contributed by atoms with Crippen molar-refractivity contribution in [2.24, 2.45) is 0 Å². The van der Waals surface area contributed by atoms with E-state index in [-0.39, 0.29) is 24.8 Å². The molecule has 0 saturated heterocycles. The van der Waals surface area contributed by atoms with Gasteiger partial charge in [0, 0.05) is 12.8 Å². The second-order valence-electron chi connectivity index (χ2n) is 2.29. The highest BCUT2D eigenvalue weighted by molar-refractivity contribution is 5.85. The summed E-state index contributed by atoms with van der Waals surface area (Å²) in [6.07, 6.45) is 2.05. The Bertz CT molecular complexity index is 123. The first-order chi connectivity index (χ1) is 5.54. The Kier molecular flexibility index (Phi) is 30.6. The molecule has 4 nitrogen and oxygen atoms in total. The molecule has 0 atom stereocenters. The zero-order chi connectivity index (χ0) is 9.98. The zero-order valence-corrected chi connectivity index (χ0v) is 9.99. The quantitative estimate of drug-likeness (QED) is 0.802. The summed E-state index contributed by atoms with van der Waals surface area (Å²) in [6.45, 7) is 3.68. The summed E-state index contributed by atoms with van der Waals surface area (Å²) in [5.41, 5.74) is 0. The summed E-state index contributed by atoms with van der Waals surface area (Å²) in [4.78, 5) is 19.2. The summed E-state index contributed by atoms with van der Waals surface area (Å²) in [5.74, 6) is -1.42. The molecular weight excluding hydrogens is 231 g/mol. The Morgan fingerprint density at radius 1 is 0.857 bits per heavy atom. The second-order valence-corrected chi connectivity index (χ2v) is 2.29. The molecule has 0 heterocycles. The van der Waals surface area contributed by atoms with Crippen LogP contribution in [0.25, 0.3) is 0 Å². The van der Waals surface area contributed by atoms with E-state index in [0.717, 1.165) is 12.8 Å². The lowest BCUT2D eigenvalue weighted by Gasteiger charge is -1.79. The number of rotatable bonds is 4. The van der Waals surface area contributed by atoms with E-state index < -0.39 is 11.9 Å². The molecule has 88 valence electrons. The van der Waals surface area contributed by atoms with Crippen LogP contribution >= 0.6 is 24.8 Å². The first-order valence-electron chi connectivity index (χ1n) is 3.98. The number of carbonyl (C=O) groups is 2. The Morgan fingerprint density at radius 2 is 1.07 bits per heavy atom. The number of carboxylic acid groups (broad SMARTS) is 2. The second kappa shape index (κ2) is 18.3. The minimum atomic E-state index is -0.711. The van der Waals surface area contributed by atoms with Gasteiger partial charge in [0.15, 0.2) is 0 Å². The van der Waals surface area contributed by atoms with Crippen LogP contribution in [0.3, 0.4) is 0 Å². The smallest absolute Gasteiger partial charge is 0.303 e. The number of hydrogen-bond acceptors (Lipinski definition) is 2. The van der Waals surface area contributed by atoms with Gasteiger partial charge in [0.1, 0.15) is 0 Å². The molecule has 0 aliphatic heterocycles. The van der Waals surface area contributed by atoms with E-state index in [1.165, 1.54) is 0 Å². The van der Waals surface area contributed by atoms with Crippen LogP contribution in [0.5, 0.6) is 0 Å². The van der Waals surface area contributed by atoms with Crippen molar-refractivity contribution in [3.05, 3.63) is 0 Å². The number of aliphatic carboxylic acids is 2. The third-order valence-electron chi connectivity index (χ3n) is 0.928. The van der Waals surface area contributed by atoms with Crippen LogP contribution < -0.4 is 0 Å². The van der Waals surface area contributed by atoms with Gasteiger partial charge in [-0.05, 0) is 12.8 Å². The van der Waals surface area contributed by atoms with Gasteiger partial charge < -0.3 is 10.2 Å². The van der Waals surface area contributed by atoms with Gasteiger partial charge in [-0.25, -0.2) is 0 Å². The first kappa shape index (κ1) is 23.4. The van der Waals surface area contributed by atoms with Gasteiger partial charge in [0.05, 0.1) is 0 Å². The van der Waals surface area contributed by atoms with E-state index in [4.69, 9.17) is 10.2 Å². The first-order valence-corrected chi connectivity index (χ1v) is 3.98. The van der Waals surface area contributed by atoms with E-state index in [1.807, 2.05) is 13.8 Å². The molecule has 0 aliphatic carbocycles. The molecule has 0 aromatic rings. The number of hydrogen-bond donors (Lipinski definition) is 2. The maximum atomic E-state index is 9.60. The largest absolute Gasteiger partial charge is 0.481 e. The average Bonchev–Trinajstić information content (AvgIpc) is 1.87. The Balaban J connectivity index is -0.0000000625. The van der Waals surface area contributed by atoms with Crippen molar-refractivity contribution in [3.8, 4) is 0 Å². The minimum Gasteiger partial charge on any atom is -0.481 e. The third kappa shape index (κ3) is 41.8. The molecule has 0 aromatic carbocycles. The molecule has 0 saturated carbocycles. The maximum absolute atomic E-state index is 9.60. The monoisotopic (exact) mass is 248 g/mol. The molecule has 0 aromatic heterocycles. The fraction of sp³-hybridized carbons (Fsp3) is 0.750. The minimum absolute atomic E-state index is 0. The van der Waals surface area contributed by atoms with E-state index in [0.29, 0.717) is 12.8 Å². The van der Waals surface area contributed by atoms with Crippen LogP contribution in [-0.2, 0) is 9.59 Å². The lowest BCUT2D eigenvalue weighted by atomic mass is 10.4. The van der Waals surface area contributed by atoms with Crippen LogP contribution in [0.2, 0.25) is 0 Å². The Morgan fingerprint density at radius 3 is 1.07 bits per heavy atom. The van der Waals surface area contributed by atoms with Crippen LogP contribution in [0.15, 0.2) is 0 Å². The standard InChI is InChI=1S/2C4H8O2.2ClH/c2*1-2-3-4(5)6;;/h2*2-3H2,1H3,(H,5,6);2*1H. The molecule has 2 N–H and O–H groups in total. The van der Waals surface area contributed by atoms with Gasteiger partial charge in [0.25, 0.3) is 0 Å². The molecule has 0 spiro atoms. The molecule has 0 bridgehead atoms. The normalized spacial score (nSPS) is 7.00. The summed E-state index contributed by atoms with van der Waals surface area (Å²) in [6, 6.07) is 0. The van der Waals surface area contributed by atoms with Crippen molar-refractivity contribution in [2.75, 3.05) is 0 Å². The summed E-state index contributed by atoms with van der Waals surface area (Å²) < 4.78 is 0. The molecule has 0 rings (SSSR count). The predicted octanol–water partition coefficient (Wildman–Crippen LogP) is 2.59. The van der Waals surface area contributed by atoms with Gasteiger partial charge in [0.2, 0.25) is 0 Å². The molecule has 0 unspecified atom stereocenters. The lowest BCUT2D eigenvalue weighted by molar-refractivity contribution is -0.138. The SMILES string of the molecule is CCCC(=O)O.CCCC(=O)O.Cl.Cl. The topological polar surface area (TPSA) is 74.6 Å². The van der Waals surface area contributed by atoms with E-state index in [9.17, 15) is 9.59 Å². The van der Waals surface area contributed by atoms with Crippen molar-refractivity contribution in [2.45, 2.75) is 39.5 Å². The number of halogens is 2. The summed E-state index contributed by atoms with van der Waals surface area (Å²) in [7, 11) is 0. The maximum Gasteiger partial charge on any atom is 0.303 e. The van der Waals surface area contributed by atoms with Gasteiger partial charge in [-0.15, -0.1) is 24.8 Å². The van der Waals surface area contributed by atoms with Crippen molar-refractivity contribution >= 4 is 36.8 Å². The van der Waals surface area contributed by atoms with Crippen molar-refractivity contribution in [3.63, 3.8) is 0 Å². The van der Waals surface area contributed by atoms with Crippen molar-refractivity contribution < 1.29 is 19.8 Å². The molecule has 6 heteroatoms. The molecular formula is C8H18Cl2O4. The van der Waals surface area contributed by atoms with Crippen molar-refractivity contribution in [1.29, 1.82) is 0 Å². The Hall–Kier alpha value is -0.480. The van der Waals surface area contributed by atoms with Gasteiger partial charge in [-0.3, -0.25) is 9.59 Å². The van der Waals surface area contributed by atoms with Crippen molar-refractivity contribution in [1.82, 2.24) is 0 Å². The molecule has 0 amide bonds. The van der Waals surface area contributed by atoms with Crippen LogP contribution in [-0.4, -0.2) is 22.2 Å². The average molecular weight is 249 g/mol. The fourth-order valence-corrected chi connectivity index (χ4v) is 0.428. The van der Waals surface area contributed by atoms with Crippen LogP contribution in [0.1, 0.15) is 39.5 Å². The molecule has 0 fully saturated rings. The summed E-state index contributed by atoms with van der Waals surface area (Å²) >= 11 is 0. The highest BCUT2D eigenvalue weighted by atomic mass is 35.5. The third-order valence-corrected chi connectivity index (χ3v) is 0.928. The highest BCUT2D eigenvalue weighted by Crippen LogP contribution is 1.82. The van der Waals surface area contributed by atoms with Crippen LogP contribution in [0.4, 0.5) is 0 Å². The van der Waals surface area contributed by atoms with E-state index in [1.54, 1.807) is 0 Å². The Labute approximate surface area is 96.5 Å². The summed E-state index contributed by atoms with van der Waals surface area (Å²) in [5, 5.41) is 15.8. The predicted molar refractivity (Wildman–Crippen MR) is 59.6 cm³/mol. The lowest BCUT2D eigenvalue weighted by Crippen LogP contribution is -1.90. The van der Waals surface area contributed by atoms with Gasteiger partial charge >= 0.3 is 11.9 Å². The molecule has 14 heavy (non-hydrogen) atoms. The van der Waals surface area contributed by atoms with Crippen LogP contribution in [0, 0.1) is 0 Å². The fourth-order valence-electron chi connectivity index (χ4n) is 0.428. The van der Waals surface area contributed by atoms with E-state index >= 15 is 0 Å².